The molecule has 8 nitrogen and oxygen atoms in total. The molecule has 0 aliphatic carbocycles. The standard InChI is InChI=1S/C26H36FN3O5S/c1-19(2)13-25(31)29(16-22-8-5-11-34-22)15-21-14-28-26(30(21)17-23-9-6-12-35-23)36(32,33)18-20-7-3-4-10-24(20)27/h3-4,7,10,14,19,22-23H,5-6,8-9,11-13,15-18H2,1-2H3. The van der Waals surface area contributed by atoms with Gasteiger partial charge in [-0.05, 0) is 37.7 Å². The van der Waals surface area contributed by atoms with Crippen LogP contribution in [0.4, 0.5) is 4.39 Å². The lowest BCUT2D eigenvalue weighted by Crippen LogP contribution is -2.38. The number of hydrogen-bond donors (Lipinski definition) is 0. The number of carbonyl (C=O) groups is 1. The highest BCUT2D eigenvalue weighted by molar-refractivity contribution is 7.90. The Bertz CT molecular complexity index is 1140. The predicted molar refractivity (Wildman–Crippen MR) is 132 cm³/mol. The third-order valence-electron chi connectivity index (χ3n) is 6.63. The Morgan fingerprint density at radius 2 is 1.86 bits per heavy atom. The molecule has 2 saturated heterocycles. The first-order chi connectivity index (χ1) is 17.2. The molecule has 36 heavy (non-hydrogen) atoms. The van der Waals surface area contributed by atoms with E-state index >= 15 is 0 Å². The lowest BCUT2D eigenvalue weighted by atomic mass is 10.1. The average molecular weight is 522 g/mol. The van der Waals surface area contributed by atoms with Gasteiger partial charge in [0.05, 0.1) is 42.9 Å². The molecule has 3 heterocycles. The van der Waals surface area contributed by atoms with Crippen LogP contribution in [-0.2, 0) is 42.9 Å². The molecular formula is C26H36FN3O5S. The van der Waals surface area contributed by atoms with E-state index in [9.17, 15) is 17.6 Å². The maximum atomic E-state index is 14.3. The number of aromatic nitrogens is 2. The lowest BCUT2D eigenvalue weighted by molar-refractivity contribution is -0.134. The maximum absolute atomic E-state index is 14.3. The second-order valence-electron chi connectivity index (χ2n) is 10.1. The topological polar surface area (TPSA) is 90.7 Å². The van der Waals surface area contributed by atoms with Crippen LogP contribution in [0, 0.1) is 11.7 Å². The van der Waals surface area contributed by atoms with E-state index in [-0.39, 0.29) is 41.3 Å². The monoisotopic (exact) mass is 521 g/mol. The largest absolute Gasteiger partial charge is 0.376 e. The molecular weight excluding hydrogens is 485 g/mol. The molecule has 0 bridgehead atoms. The number of benzene rings is 1. The van der Waals surface area contributed by atoms with Crippen molar-refractivity contribution in [3.63, 3.8) is 0 Å². The normalized spacial score (nSPS) is 20.3. The van der Waals surface area contributed by atoms with E-state index in [1.807, 2.05) is 13.8 Å². The molecule has 10 heteroatoms. The Balaban J connectivity index is 1.64. The zero-order valence-corrected chi connectivity index (χ0v) is 21.9. The summed E-state index contributed by atoms with van der Waals surface area (Å²) in [4.78, 5) is 19.2. The molecule has 1 aromatic carbocycles. The fourth-order valence-corrected chi connectivity index (χ4v) is 6.31. The molecule has 2 aromatic rings. The SMILES string of the molecule is CC(C)CC(=O)N(Cc1cnc(S(=O)(=O)Cc2ccccc2F)n1CC1CCCO1)CC1CCCO1. The van der Waals surface area contributed by atoms with Gasteiger partial charge in [0, 0.05) is 31.7 Å². The number of carbonyl (C=O) groups excluding carboxylic acids is 1. The second kappa shape index (κ2) is 11.8. The van der Waals surface area contributed by atoms with Crippen LogP contribution in [0.1, 0.15) is 57.2 Å². The molecule has 1 amide bonds. The fraction of sp³-hybridized carbons (Fsp3) is 0.615. The quantitative estimate of drug-likeness (QED) is 0.448. The Hall–Kier alpha value is -2.30. The van der Waals surface area contributed by atoms with Gasteiger partial charge in [-0.3, -0.25) is 4.79 Å². The summed E-state index contributed by atoms with van der Waals surface area (Å²) in [6.07, 6.45) is 5.33. The Morgan fingerprint density at radius 3 is 2.50 bits per heavy atom. The van der Waals surface area contributed by atoms with Crippen molar-refractivity contribution in [2.24, 2.45) is 5.92 Å². The number of halogens is 1. The molecule has 2 atom stereocenters. The smallest absolute Gasteiger partial charge is 0.228 e. The Kier molecular flexibility index (Phi) is 8.79. The maximum Gasteiger partial charge on any atom is 0.228 e. The van der Waals surface area contributed by atoms with Gasteiger partial charge < -0.3 is 18.9 Å². The number of hydrogen-bond acceptors (Lipinski definition) is 6. The van der Waals surface area contributed by atoms with E-state index in [0.717, 1.165) is 25.7 Å². The Labute approximate surface area is 212 Å². The summed E-state index contributed by atoms with van der Waals surface area (Å²) >= 11 is 0. The molecule has 0 N–H and O–H groups in total. The molecule has 0 radical (unpaired) electrons. The van der Waals surface area contributed by atoms with Crippen LogP contribution in [0.15, 0.2) is 35.6 Å². The molecule has 2 aliphatic rings. The van der Waals surface area contributed by atoms with Gasteiger partial charge in [-0.25, -0.2) is 17.8 Å². The van der Waals surface area contributed by atoms with Crippen molar-refractivity contribution in [1.82, 2.24) is 14.5 Å². The van der Waals surface area contributed by atoms with E-state index in [4.69, 9.17) is 9.47 Å². The van der Waals surface area contributed by atoms with Crippen LogP contribution in [0.5, 0.6) is 0 Å². The number of ether oxygens (including phenoxy) is 2. The third kappa shape index (κ3) is 6.72. The minimum absolute atomic E-state index is 0.00105. The van der Waals surface area contributed by atoms with E-state index in [0.29, 0.717) is 38.4 Å². The van der Waals surface area contributed by atoms with Crippen LogP contribution < -0.4 is 0 Å². The number of imidazole rings is 1. The lowest BCUT2D eigenvalue weighted by Gasteiger charge is -2.27. The zero-order chi connectivity index (χ0) is 25.7. The molecule has 2 unspecified atom stereocenters. The molecule has 2 aliphatic heterocycles. The molecule has 0 saturated carbocycles. The van der Waals surface area contributed by atoms with Crippen LogP contribution in [0.3, 0.4) is 0 Å². The van der Waals surface area contributed by atoms with Crippen LogP contribution in [0.25, 0.3) is 0 Å². The van der Waals surface area contributed by atoms with Crippen molar-refractivity contribution in [1.29, 1.82) is 0 Å². The minimum Gasteiger partial charge on any atom is -0.376 e. The van der Waals surface area contributed by atoms with Crippen LogP contribution in [0.2, 0.25) is 0 Å². The van der Waals surface area contributed by atoms with Gasteiger partial charge in [0.1, 0.15) is 5.82 Å². The predicted octanol–water partition coefficient (Wildman–Crippen LogP) is 3.73. The summed E-state index contributed by atoms with van der Waals surface area (Å²) in [6.45, 7) is 6.30. The second-order valence-corrected chi connectivity index (χ2v) is 12.0. The van der Waals surface area contributed by atoms with E-state index < -0.39 is 21.4 Å². The number of amides is 1. The highest BCUT2D eigenvalue weighted by Crippen LogP contribution is 2.24. The number of sulfone groups is 1. The van der Waals surface area contributed by atoms with Gasteiger partial charge in [-0.2, -0.15) is 0 Å². The highest BCUT2D eigenvalue weighted by Gasteiger charge is 2.30. The summed E-state index contributed by atoms with van der Waals surface area (Å²) in [5.41, 5.74) is 0.713. The van der Waals surface area contributed by atoms with Gasteiger partial charge in [0.15, 0.2) is 0 Å². The molecule has 198 valence electrons. The van der Waals surface area contributed by atoms with Gasteiger partial charge in [0.2, 0.25) is 20.9 Å². The van der Waals surface area contributed by atoms with Gasteiger partial charge in [-0.1, -0.05) is 32.0 Å². The average Bonchev–Trinajstić information content (AvgIpc) is 3.58. The summed E-state index contributed by atoms with van der Waals surface area (Å²) in [5, 5.41) is -0.121. The minimum atomic E-state index is -3.96. The van der Waals surface area contributed by atoms with Crippen LogP contribution >= 0.6 is 0 Å². The van der Waals surface area contributed by atoms with Gasteiger partial charge in [0.25, 0.3) is 0 Å². The van der Waals surface area contributed by atoms with E-state index in [1.54, 1.807) is 15.5 Å². The van der Waals surface area contributed by atoms with Crippen molar-refractivity contribution >= 4 is 15.7 Å². The molecule has 0 spiro atoms. The number of rotatable bonds is 11. The summed E-state index contributed by atoms with van der Waals surface area (Å²) < 4.78 is 54.3. The fourth-order valence-electron chi connectivity index (χ4n) is 4.80. The van der Waals surface area contributed by atoms with Crippen molar-refractivity contribution < 1.29 is 27.1 Å². The molecule has 2 fully saturated rings. The summed E-state index contributed by atoms with van der Waals surface area (Å²) in [7, 11) is -3.96. The first-order valence-corrected chi connectivity index (χ1v) is 14.4. The first kappa shape index (κ1) is 26.8. The summed E-state index contributed by atoms with van der Waals surface area (Å²) in [6, 6.07) is 5.85. The molecule has 4 rings (SSSR count). The summed E-state index contributed by atoms with van der Waals surface area (Å²) in [5.74, 6) is -0.868. The van der Waals surface area contributed by atoms with Crippen molar-refractivity contribution in [3.8, 4) is 0 Å². The van der Waals surface area contributed by atoms with Gasteiger partial charge in [-0.15, -0.1) is 0 Å². The van der Waals surface area contributed by atoms with E-state index in [2.05, 4.69) is 4.98 Å². The van der Waals surface area contributed by atoms with Crippen LogP contribution in [-0.4, -0.2) is 60.7 Å². The van der Waals surface area contributed by atoms with Crippen molar-refractivity contribution in [3.05, 3.63) is 47.5 Å². The van der Waals surface area contributed by atoms with Crippen molar-refractivity contribution in [2.75, 3.05) is 19.8 Å². The zero-order valence-electron chi connectivity index (χ0n) is 21.1. The third-order valence-corrected chi connectivity index (χ3v) is 8.20. The molecule has 1 aromatic heterocycles. The highest BCUT2D eigenvalue weighted by atomic mass is 32.2. The Morgan fingerprint density at radius 1 is 1.17 bits per heavy atom. The van der Waals surface area contributed by atoms with E-state index in [1.165, 1.54) is 24.4 Å². The van der Waals surface area contributed by atoms with Gasteiger partial charge >= 0.3 is 0 Å². The number of nitrogens with zero attached hydrogens (tertiary/aromatic N) is 3. The van der Waals surface area contributed by atoms with Crippen molar-refractivity contribution in [2.45, 2.75) is 82.2 Å². The first-order valence-electron chi connectivity index (χ1n) is 12.7.